The molecule has 0 radical (unpaired) electrons. The van der Waals surface area contributed by atoms with Gasteiger partial charge in [0.05, 0.1) is 7.11 Å². The van der Waals surface area contributed by atoms with Gasteiger partial charge in [0.25, 0.3) is 5.16 Å². The lowest BCUT2D eigenvalue weighted by Gasteiger charge is -2.25. The summed E-state index contributed by atoms with van der Waals surface area (Å²) in [5.74, 6) is 0.779. The Kier molecular flexibility index (Phi) is 7.26. The van der Waals surface area contributed by atoms with Crippen molar-refractivity contribution in [3.05, 3.63) is 136 Å². The highest BCUT2D eigenvalue weighted by molar-refractivity contribution is 7.41. The number of benzene rings is 4. The zero-order chi connectivity index (χ0) is 24.1. The maximum atomic E-state index is 14.3. The molecule has 0 saturated heterocycles. The van der Waals surface area contributed by atoms with Crippen LogP contribution in [0.15, 0.2) is 97.1 Å². The Morgan fingerprint density at radius 3 is 1.35 bits per heavy atom. The van der Waals surface area contributed by atoms with E-state index in [0.717, 1.165) is 44.7 Å². The molecule has 3 nitrogen and oxygen atoms in total. The van der Waals surface area contributed by atoms with Crippen LogP contribution in [0.25, 0.3) is 0 Å². The monoisotopic (exact) mass is 469 g/mol. The minimum absolute atomic E-state index is 0.241. The molecule has 0 spiro atoms. The molecule has 0 aromatic heterocycles. The van der Waals surface area contributed by atoms with E-state index >= 15 is 0 Å². The second-order valence-electron chi connectivity index (χ2n) is 8.69. The van der Waals surface area contributed by atoms with Gasteiger partial charge in [-0.05, 0) is 43.0 Å². The fourth-order valence-electron chi connectivity index (χ4n) is 4.15. The number of hydrogen-bond acceptors (Lipinski definition) is 3. The molecule has 4 heteroatoms. The Morgan fingerprint density at radius 1 is 0.618 bits per heavy atom. The van der Waals surface area contributed by atoms with Crippen LogP contribution < -0.4 is 4.74 Å². The van der Waals surface area contributed by atoms with Crippen LogP contribution in [0.5, 0.6) is 5.75 Å². The molecular weight excluding hydrogens is 439 g/mol. The SMILES string of the molecule is COc1ccc(CO[P+](=O)C(c2ccc(C)cc2)(c2ccc(C)cc2)c2ccc(C)cc2)cc1. The van der Waals surface area contributed by atoms with E-state index in [9.17, 15) is 4.57 Å². The Labute approximate surface area is 203 Å². The highest BCUT2D eigenvalue weighted by Gasteiger charge is 2.56. The lowest BCUT2D eigenvalue weighted by molar-refractivity contribution is 0.308. The predicted molar refractivity (Wildman–Crippen MR) is 139 cm³/mol. The Balaban J connectivity index is 1.85. The smallest absolute Gasteiger partial charge is 0.497 e. The molecule has 0 bridgehead atoms. The van der Waals surface area contributed by atoms with Crippen molar-refractivity contribution in [3.63, 3.8) is 0 Å². The van der Waals surface area contributed by atoms with Crippen molar-refractivity contribution in [1.29, 1.82) is 0 Å². The average Bonchev–Trinajstić information content (AvgIpc) is 2.86. The van der Waals surface area contributed by atoms with Gasteiger partial charge in [0.15, 0.2) is 0 Å². The van der Waals surface area contributed by atoms with Gasteiger partial charge in [-0.3, -0.25) is 0 Å². The van der Waals surface area contributed by atoms with Gasteiger partial charge >= 0.3 is 8.03 Å². The van der Waals surface area contributed by atoms with Gasteiger partial charge in [0.1, 0.15) is 12.4 Å². The first-order valence-electron chi connectivity index (χ1n) is 11.4. The van der Waals surface area contributed by atoms with Crippen molar-refractivity contribution in [3.8, 4) is 5.75 Å². The Morgan fingerprint density at radius 2 is 1.00 bits per heavy atom. The molecular formula is C30H30O3P+. The van der Waals surface area contributed by atoms with Crippen molar-refractivity contribution in [1.82, 2.24) is 0 Å². The molecule has 34 heavy (non-hydrogen) atoms. The zero-order valence-electron chi connectivity index (χ0n) is 20.1. The molecule has 0 aliphatic carbocycles. The Hall–Kier alpha value is -3.26. The molecule has 4 aromatic rings. The van der Waals surface area contributed by atoms with Gasteiger partial charge in [-0.2, -0.15) is 0 Å². The number of aryl methyl sites for hydroxylation is 3. The highest BCUT2D eigenvalue weighted by atomic mass is 31.1. The van der Waals surface area contributed by atoms with Gasteiger partial charge in [-0.15, -0.1) is 4.52 Å². The predicted octanol–water partition coefficient (Wildman–Crippen LogP) is 7.87. The van der Waals surface area contributed by atoms with Crippen LogP contribution in [0.2, 0.25) is 0 Å². The summed E-state index contributed by atoms with van der Waals surface area (Å²) in [6.45, 7) is 6.42. The van der Waals surface area contributed by atoms with Crippen LogP contribution in [0.4, 0.5) is 0 Å². The normalized spacial score (nSPS) is 11.8. The third-order valence-corrected chi connectivity index (χ3v) is 7.88. The van der Waals surface area contributed by atoms with E-state index in [1.807, 2.05) is 24.3 Å². The minimum atomic E-state index is -2.20. The van der Waals surface area contributed by atoms with Gasteiger partial charge < -0.3 is 4.74 Å². The maximum absolute atomic E-state index is 14.3. The van der Waals surface area contributed by atoms with Crippen LogP contribution in [0.1, 0.15) is 38.9 Å². The Bertz CT molecular complexity index is 1130. The number of ether oxygens (including phenoxy) is 1. The first-order valence-corrected chi connectivity index (χ1v) is 12.6. The van der Waals surface area contributed by atoms with E-state index < -0.39 is 13.2 Å². The van der Waals surface area contributed by atoms with Gasteiger partial charge in [0.2, 0.25) is 0 Å². The van der Waals surface area contributed by atoms with E-state index in [4.69, 9.17) is 9.26 Å². The van der Waals surface area contributed by atoms with Crippen molar-refractivity contribution >= 4 is 8.03 Å². The summed E-state index contributed by atoms with van der Waals surface area (Å²) in [5.41, 5.74) is 7.24. The standard InChI is InChI=1S/C30H30O3P/c1-22-5-13-26(14-6-22)30(27-15-7-23(2)8-16-27,28-17-9-24(3)10-18-28)34(31)33-21-25-11-19-29(32-4)20-12-25/h5-20H,21H2,1-4H3/q+1. The van der Waals surface area contributed by atoms with Crippen molar-refractivity contribution in [2.75, 3.05) is 7.11 Å². The van der Waals surface area contributed by atoms with E-state index in [-0.39, 0.29) is 6.61 Å². The van der Waals surface area contributed by atoms with Crippen LogP contribution in [-0.2, 0) is 20.9 Å². The van der Waals surface area contributed by atoms with Crippen molar-refractivity contribution in [2.24, 2.45) is 0 Å². The fraction of sp³-hybridized carbons (Fsp3) is 0.200. The summed E-state index contributed by atoms with van der Waals surface area (Å²) in [7, 11) is -0.562. The van der Waals surface area contributed by atoms with E-state index in [1.54, 1.807) is 7.11 Å². The minimum Gasteiger partial charge on any atom is -0.497 e. The molecule has 1 unspecified atom stereocenters. The fourth-order valence-corrected chi connectivity index (χ4v) is 5.69. The van der Waals surface area contributed by atoms with Crippen LogP contribution >= 0.6 is 8.03 Å². The molecule has 0 aliphatic rings. The van der Waals surface area contributed by atoms with E-state index in [1.165, 1.54) is 0 Å². The van der Waals surface area contributed by atoms with E-state index in [0.29, 0.717) is 0 Å². The van der Waals surface area contributed by atoms with Crippen LogP contribution in [0, 0.1) is 20.8 Å². The van der Waals surface area contributed by atoms with Crippen LogP contribution in [0.3, 0.4) is 0 Å². The number of methoxy groups -OCH3 is 1. The zero-order valence-corrected chi connectivity index (χ0v) is 21.0. The summed E-state index contributed by atoms with van der Waals surface area (Å²) >= 11 is 0. The lowest BCUT2D eigenvalue weighted by Crippen LogP contribution is -2.26. The van der Waals surface area contributed by atoms with Gasteiger partial charge in [-0.1, -0.05) is 102 Å². The molecule has 0 amide bonds. The first-order chi connectivity index (χ1) is 16.4. The summed E-state index contributed by atoms with van der Waals surface area (Å²) in [6.07, 6.45) is 0. The van der Waals surface area contributed by atoms with Crippen LogP contribution in [-0.4, -0.2) is 7.11 Å². The molecule has 1 atom stereocenters. The molecule has 4 aromatic carbocycles. The van der Waals surface area contributed by atoms with Gasteiger partial charge in [-0.25, -0.2) is 0 Å². The summed E-state index contributed by atoms with van der Waals surface area (Å²) < 4.78 is 25.8. The molecule has 0 N–H and O–H groups in total. The lowest BCUT2D eigenvalue weighted by atomic mass is 9.83. The summed E-state index contributed by atoms with van der Waals surface area (Å²) in [5, 5.41) is -0.948. The number of hydrogen-bond donors (Lipinski definition) is 0. The first kappa shape index (κ1) is 23.9. The summed E-state index contributed by atoms with van der Waals surface area (Å²) in [6, 6.07) is 32.5. The second-order valence-corrected chi connectivity index (χ2v) is 10.1. The average molecular weight is 470 g/mol. The van der Waals surface area contributed by atoms with Crippen molar-refractivity contribution < 1.29 is 13.8 Å². The third kappa shape index (κ3) is 4.82. The quantitative estimate of drug-likeness (QED) is 0.195. The van der Waals surface area contributed by atoms with Crippen molar-refractivity contribution in [2.45, 2.75) is 32.5 Å². The summed E-state index contributed by atoms with van der Waals surface area (Å²) in [4.78, 5) is 0. The molecule has 0 heterocycles. The topological polar surface area (TPSA) is 35.5 Å². The van der Waals surface area contributed by atoms with Gasteiger partial charge in [0, 0.05) is 16.7 Å². The maximum Gasteiger partial charge on any atom is 0.529 e. The van der Waals surface area contributed by atoms with E-state index in [2.05, 4.69) is 93.6 Å². The molecule has 0 aliphatic heterocycles. The largest absolute Gasteiger partial charge is 0.529 e. The highest BCUT2D eigenvalue weighted by Crippen LogP contribution is 2.57. The third-order valence-electron chi connectivity index (χ3n) is 6.19. The molecule has 172 valence electrons. The number of rotatable bonds is 8. The second kappa shape index (κ2) is 10.3. The molecule has 0 saturated carbocycles. The molecule has 4 rings (SSSR count). The molecule has 0 fully saturated rings.